The first-order valence-electron chi connectivity index (χ1n) is 8.26. The molecular formula is C17H20FN5O. The Morgan fingerprint density at radius 1 is 1.33 bits per heavy atom. The normalized spacial score (nSPS) is 20.8. The van der Waals surface area contributed by atoms with E-state index in [1.165, 1.54) is 6.07 Å². The zero-order valence-corrected chi connectivity index (χ0v) is 13.8. The second kappa shape index (κ2) is 5.89. The van der Waals surface area contributed by atoms with Crippen LogP contribution in [0.2, 0.25) is 0 Å². The van der Waals surface area contributed by atoms with E-state index in [0.717, 1.165) is 31.6 Å². The van der Waals surface area contributed by atoms with Crippen molar-refractivity contribution >= 4 is 17.0 Å². The third-order valence-corrected chi connectivity index (χ3v) is 4.75. The minimum Gasteiger partial charge on any atom is -0.426 e. The highest BCUT2D eigenvalue weighted by molar-refractivity contribution is 5.79. The lowest BCUT2D eigenvalue weighted by molar-refractivity contribution is 0.416. The molecule has 24 heavy (non-hydrogen) atoms. The first kappa shape index (κ1) is 15.1. The Morgan fingerprint density at radius 2 is 2.21 bits per heavy atom. The predicted octanol–water partition coefficient (Wildman–Crippen LogP) is 3.23. The Kier molecular flexibility index (Phi) is 3.70. The zero-order valence-electron chi connectivity index (χ0n) is 13.8. The van der Waals surface area contributed by atoms with Gasteiger partial charge in [-0.2, -0.15) is 0 Å². The Bertz CT molecular complexity index is 871. The number of aryl methyl sites for hydroxylation is 2. The first-order chi connectivity index (χ1) is 11.6. The zero-order chi connectivity index (χ0) is 16.7. The summed E-state index contributed by atoms with van der Waals surface area (Å²) in [6.07, 6.45) is 4.00. The van der Waals surface area contributed by atoms with Gasteiger partial charge in [0.25, 0.3) is 0 Å². The summed E-state index contributed by atoms with van der Waals surface area (Å²) in [5.74, 6) is 2.32. The van der Waals surface area contributed by atoms with Crippen molar-refractivity contribution in [1.29, 1.82) is 0 Å². The fourth-order valence-electron chi connectivity index (χ4n) is 3.59. The number of aromatic nitrogens is 4. The van der Waals surface area contributed by atoms with Crippen LogP contribution in [-0.4, -0.2) is 25.8 Å². The Balaban J connectivity index is 1.45. The van der Waals surface area contributed by atoms with Crippen molar-refractivity contribution in [2.75, 3.05) is 5.32 Å². The molecule has 0 radical (unpaired) electrons. The first-order valence-corrected chi connectivity index (χ1v) is 8.26. The summed E-state index contributed by atoms with van der Waals surface area (Å²) in [6, 6.07) is 5.31. The van der Waals surface area contributed by atoms with E-state index < -0.39 is 0 Å². The summed E-state index contributed by atoms with van der Waals surface area (Å²) < 4.78 is 21.2. The van der Waals surface area contributed by atoms with Gasteiger partial charge in [-0.3, -0.25) is 0 Å². The second-order valence-corrected chi connectivity index (χ2v) is 6.54. The molecular weight excluding hydrogens is 309 g/mol. The van der Waals surface area contributed by atoms with Crippen LogP contribution in [0, 0.1) is 18.7 Å². The van der Waals surface area contributed by atoms with E-state index in [9.17, 15) is 4.39 Å². The number of para-hydroxylation sites is 1. The van der Waals surface area contributed by atoms with Crippen molar-refractivity contribution in [1.82, 2.24) is 19.7 Å². The average Bonchev–Trinajstić information content (AvgIpc) is 3.23. The number of hydrogen-bond acceptors (Lipinski definition) is 5. The smallest absolute Gasteiger partial charge is 0.216 e. The highest BCUT2D eigenvalue weighted by Crippen LogP contribution is 2.31. The lowest BCUT2D eigenvalue weighted by Crippen LogP contribution is -2.18. The molecule has 0 saturated heterocycles. The number of nitrogens with one attached hydrogen (secondary N) is 1. The molecule has 2 atom stereocenters. The third-order valence-electron chi connectivity index (χ3n) is 4.75. The molecule has 1 aliphatic rings. The molecule has 1 aromatic carbocycles. The molecule has 2 heterocycles. The summed E-state index contributed by atoms with van der Waals surface area (Å²) in [5.41, 5.74) is 1.21. The van der Waals surface area contributed by atoms with Gasteiger partial charge >= 0.3 is 0 Å². The summed E-state index contributed by atoms with van der Waals surface area (Å²) >= 11 is 0. The molecule has 6 nitrogen and oxygen atoms in total. The quantitative estimate of drug-likeness (QED) is 0.796. The minimum absolute atomic E-state index is 0.244. The van der Waals surface area contributed by atoms with E-state index in [4.69, 9.17) is 4.42 Å². The van der Waals surface area contributed by atoms with Gasteiger partial charge in [-0.15, -0.1) is 10.2 Å². The molecule has 3 aromatic rings. The van der Waals surface area contributed by atoms with E-state index in [-0.39, 0.29) is 5.82 Å². The third kappa shape index (κ3) is 2.74. The SMILES string of the molecule is Cc1nnc(C[C@@H]2CC[C@H](Nc3nc4cccc(F)c4n3C)C2)o1. The topological polar surface area (TPSA) is 68.8 Å². The van der Waals surface area contributed by atoms with Crippen LogP contribution in [0.1, 0.15) is 31.0 Å². The number of halogens is 1. The summed E-state index contributed by atoms with van der Waals surface area (Å²) in [4.78, 5) is 4.52. The number of nitrogens with zero attached hydrogens (tertiary/aromatic N) is 4. The van der Waals surface area contributed by atoms with E-state index in [1.807, 2.05) is 13.1 Å². The highest BCUT2D eigenvalue weighted by Gasteiger charge is 2.27. The lowest BCUT2D eigenvalue weighted by atomic mass is 10.0. The Hall–Kier alpha value is -2.44. The van der Waals surface area contributed by atoms with Crippen LogP contribution in [-0.2, 0) is 13.5 Å². The van der Waals surface area contributed by atoms with E-state index in [2.05, 4.69) is 20.5 Å². The molecule has 0 bridgehead atoms. The Labute approximate surface area is 139 Å². The van der Waals surface area contributed by atoms with Gasteiger partial charge in [0, 0.05) is 26.4 Å². The van der Waals surface area contributed by atoms with Gasteiger partial charge in [0.1, 0.15) is 11.3 Å². The van der Waals surface area contributed by atoms with Crippen molar-refractivity contribution in [2.45, 2.75) is 38.6 Å². The molecule has 1 N–H and O–H groups in total. The molecule has 2 aromatic heterocycles. The maximum Gasteiger partial charge on any atom is 0.216 e. The molecule has 0 aliphatic heterocycles. The molecule has 1 fully saturated rings. The van der Waals surface area contributed by atoms with Gasteiger partial charge in [-0.25, -0.2) is 9.37 Å². The Morgan fingerprint density at radius 3 is 2.96 bits per heavy atom. The number of benzene rings is 1. The van der Waals surface area contributed by atoms with E-state index in [1.54, 1.807) is 17.6 Å². The number of fused-ring (bicyclic) bond motifs is 1. The minimum atomic E-state index is -0.244. The average molecular weight is 329 g/mol. The van der Waals surface area contributed by atoms with E-state index in [0.29, 0.717) is 34.8 Å². The predicted molar refractivity (Wildman–Crippen MR) is 88.2 cm³/mol. The van der Waals surface area contributed by atoms with Crippen LogP contribution in [0.3, 0.4) is 0 Å². The maximum absolute atomic E-state index is 14.0. The fourth-order valence-corrected chi connectivity index (χ4v) is 3.59. The molecule has 0 unspecified atom stereocenters. The number of imidazole rings is 1. The molecule has 1 saturated carbocycles. The van der Waals surface area contributed by atoms with Gasteiger partial charge in [-0.1, -0.05) is 6.07 Å². The number of hydrogen-bond donors (Lipinski definition) is 1. The second-order valence-electron chi connectivity index (χ2n) is 6.54. The summed E-state index contributed by atoms with van der Waals surface area (Å²) in [5, 5.41) is 11.4. The number of rotatable bonds is 4. The van der Waals surface area contributed by atoms with Gasteiger partial charge in [0.15, 0.2) is 0 Å². The van der Waals surface area contributed by atoms with Gasteiger partial charge < -0.3 is 14.3 Å². The van der Waals surface area contributed by atoms with E-state index >= 15 is 0 Å². The van der Waals surface area contributed by atoms with Crippen molar-refractivity contribution in [2.24, 2.45) is 13.0 Å². The standard InChI is InChI=1S/C17H20FN5O/c1-10-21-22-15(24-10)9-11-6-7-12(8-11)19-17-20-14-5-3-4-13(18)16(14)23(17)2/h3-5,11-12H,6-9H2,1-2H3,(H,19,20)/t11-,12+/m1/s1. The van der Waals surface area contributed by atoms with Crippen LogP contribution < -0.4 is 5.32 Å². The van der Waals surface area contributed by atoms with Crippen molar-refractivity contribution in [3.05, 3.63) is 35.8 Å². The van der Waals surface area contributed by atoms with Crippen LogP contribution in [0.15, 0.2) is 22.6 Å². The van der Waals surface area contributed by atoms with Crippen molar-refractivity contribution in [3.8, 4) is 0 Å². The largest absolute Gasteiger partial charge is 0.426 e. The monoisotopic (exact) mass is 329 g/mol. The number of anilines is 1. The maximum atomic E-state index is 14.0. The van der Waals surface area contributed by atoms with Crippen LogP contribution in [0.5, 0.6) is 0 Å². The fraction of sp³-hybridized carbons (Fsp3) is 0.471. The molecule has 126 valence electrons. The molecule has 4 rings (SSSR count). The molecule has 0 spiro atoms. The van der Waals surface area contributed by atoms with Crippen molar-refractivity contribution in [3.63, 3.8) is 0 Å². The lowest BCUT2D eigenvalue weighted by Gasteiger charge is -2.13. The van der Waals surface area contributed by atoms with Crippen LogP contribution in [0.25, 0.3) is 11.0 Å². The van der Waals surface area contributed by atoms with Crippen LogP contribution in [0.4, 0.5) is 10.3 Å². The van der Waals surface area contributed by atoms with Gasteiger partial charge in [0.2, 0.25) is 17.7 Å². The molecule has 1 aliphatic carbocycles. The van der Waals surface area contributed by atoms with Gasteiger partial charge in [0.05, 0.1) is 5.52 Å². The van der Waals surface area contributed by atoms with Crippen LogP contribution >= 0.6 is 0 Å². The summed E-state index contributed by atoms with van der Waals surface area (Å²) in [6.45, 7) is 1.81. The summed E-state index contributed by atoms with van der Waals surface area (Å²) in [7, 11) is 1.84. The van der Waals surface area contributed by atoms with Gasteiger partial charge in [-0.05, 0) is 37.3 Å². The highest BCUT2D eigenvalue weighted by atomic mass is 19.1. The molecule has 7 heteroatoms. The van der Waals surface area contributed by atoms with Crippen molar-refractivity contribution < 1.29 is 8.81 Å². The molecule has 0 amide bonds.